The molecule has 0 aliphatic heterocycles. The van der Waals surface area contributed by atoms with Gasteiger partial charge in [-0.2, -0.15) is 0 Å². The Kier molecular flexibility index (Phi) is 4.60. The summed E-state index contributed by atoms with van der Waals surface area (Å²) in [7, 11) is 0. The van der Waals surface area contributed by atoms with Crippen molar-refractivity contribution in [1.29, 1.82) is 0 Å². The van der Waals surface area contributed by atoms with Crippen LogP contribution in [-0.4, -0.2) is 12.1 Å². The van der Waals surface area contributed by atoms with Crippen LogP contribution >= 0.6 is 11.6 Å². The maximum Gasteiger partial charge on any atom is 0.454 e. The number of nitrogens with one attached hydrogen (secondary N) is 1. The van der Waals surface area contributed by atoms with Crippen LogP contribution in [0.1, 0.15) is 13.3 Å². The first-order chi connectivity index (χ1) is 7.61. The van der Waals surface area contributed by atoms with E-state index in [2.05, 4.69) is 15.1 Å². The van der Waals surface area contributed by atoms with Crippen molar-refractivity contribution in [2.24, 2.45) is 0 Å². The first kappa shape index (κ1) is 12.3. The molecule has 0 radical (unpaired) electrons. The SMILES string of the molecule is CCC(=O)OOC(=O)Nc1cccc(Cl)c1. The first-order valence-electron chi connectivity index (χ1n) is 4.55. The molecule has 0 spiro atoms. The summed E-state index contributed by atoms with van der Waals surface area (Å²) in [6.07, 6.45) is -0.756. The number of carbonyl (C=O) groups excluding carboxylic acids is 2. The summed E-state index contributed by atoms with van der Waals surface area (Å²) in [5.41, 5.74) is 0.449. The monoisotopic (exact) mass is 243 g/mol. The molecule has 0 saturated heterocycles. The highest BCUT2D eigenvalue weighted by Crippen LogP contribution is 2.14. The van der Waals surface area contributed by atoms with Gasteiger partial charge in [-0.05, 0) is 18.2 Å². The third kappa shape index (κ3) is 4.18. The molecule has 0 atom stereocenters. The Bertz CT molecular complexity index is 394. The van der Waals surface area contributed by atoms with Gasteiger partial charge in [0.05, 0.1) is 0 Å². The lowest BCUT2D eigenvalue weighted by Crippen LogP contribution is -2.16. The molecule has 0 unspecified atom stereocenters. The Labute approximate surface area is 97.2 Å². The van der Waals surface area contributed by atoms with Crippen molar-refractivity contribution in [1.82, 2.24) is 0 Å². The zero-order valence-electron chi connectivity index (χ0n) is 8.53. The number of hydrogen-bond acceptors (Lipinski definition) is 4. The second-order valence-corrected chi connectivity index (χ2v) is 3.25. The minimum absolute atomic E-state index is 0.129. The van der Waals surface area contributed by atoms with E-state index in [1.54, 1.807) is 25.1 Å². The number of hydrogen-bond donors (Lipinski definition) is 1. The first-order valence-corrected chi connectivity index (χ1v) is 4.93. The third-order valence-electron chi connectivity index (χ3n) is 1.57. The second-order valence-electron chi connectivity index (χ2n) is 2.82. The quantitative estimate of drug-likeness (QED) is 0.641. The van der Waals surface area contributed by atoms with Crippen LogP contribution < -0.4 is 5.32 Å². The van der Waals surface area contributed by atoms with Gasteiger partial charge in [0.15, 0.2) is 0 Å². The molecule has 0 bridgehead atoms. The van der Waals surface area contributed by atoms with E-state index in [9.17, 15) is 9.59 Å². The number of benzene rings is 1. The van der Waals surface area contributed by atoms with Crippen LogP contribution in [0.15, 0.2) is 24.3 Å². The van der Waals surface area contributed by atoms with Gasteiger partial charge in [0.1, 0.15) is 0 Å². The summed E-state index contributed by atoms with van der Waals surface area (Å²) < 4.78 is 0. The standard InChI is InChI=1S/C10H10ClNO4/c1-2-9(13)15-16-10(14)12-8-5-3-4-7(11)6-8/h3-6H,2H2,1H3,(H,12,14). The molecule has 0 heterocycles. The molecule has 16 heavy (non-hydrogen) atoms. The van der Waals surface area contributed by atoms with Gasteiger partial charge in [0.25, 0.3) is 0 Å². The lowest BCUT2D eigenvalue weighted by molar-refractivity contribution is -0.229. The number of anilines is 1. The van der Waals surface area contributed by atoms with E-state index < -0.39 is 12.1 Å². The smallest absolute Gasteiger partial charge is 0.288 e. The molecule has 0 aromatic heterocycles. The zero-order valence-corrected chi connectivity index (χ0v) is 9.28. The molecule has 1 N–H and O–H groups in total. The van der Waals surface area contributed by atoms with Crippen LogP contribution in [0.5, 0.6) is 0 Å². The topological polar surface area (TPSA) is 64.6 Å². The van der Waals surface area contributed by atoms with E-state index >= 15 is 0 Å². The highest BCUT2D eigenvalue weighted by molar-refractivity contribution is 6.30. The predicted molar refractivity (Wildman–Crippen MR) is 57.9 cm³/mol. The molecular weight excluding hydrogens is 234 g/mol. The molecular formula is C10H10ClNO4. The van der Waals surface area contributed by atoms with E-state index in [-0.39, 0.29) is 6.42 Å². The molecule has 1 rings (SSSR count). The largest absolute Gasteiger partial charge is 0.454 e. The van der Waals surface area contributed by atoms with E-state index in [0.29, 0.717) is 10.7 Å². The lowest BCUT2D eigenvalue weighted by atomic mass is 10.3. The maximum absolute atomic E-state index is 11.1. The van der Waals surface area contributed by atoms with Crippen molar-refractivity contribution in [2.45, 2.75) is 13.3 Å². The summed E-state index contributed by atoms with van der Waals surface area (Å²) >= 11 is 5.70. The highest BCUT2D eigenvalue weighted by Gasteiger charge is 2.07. The Hall–Kier alpha value is -1.75. The Morgan fingerprint density at radius 3 is 2.75 bits per heavy atom. The predicted octanol–water partition coefficient (Wildman–Crippen LogP) is 2.76. The van der Waals surface area contributed by atoms with Gasteiger partial charge >= 0.3 is 12.1 Å². The van der Waals surface area contributed by atoms with E-state index in [1.807, 2.05) is 0 Å². The van der Waals surface area contributed by atoms with Crippen LogP contribution in [0.25, 0.3) is 0 Å². The van der Waals surface area contributed by atoms with E-state index in [0.717, 1.165) is 0 Å². The van der Waals surface area contributed by atoms with Gasteiger partial charge in [0.2, 0.25) is 0 Å². The van der Waals surface area contributed by atoms with Gasteiger partial charge in [-0.15, -0.1) is 0 Å². The van der Waals surface area contributed by atoms with Gasteiger partial charge < -0.3 is 0 Å². The summed E-state index contributed by atoms with van der Waals surface area (Å²) in [5, 5.41) is 2.81. The number of carbonyl (C=O) groups is 2. The summed E-state index contributed by atoms with van der Waals surface area (Å²) in [6, 6.07) is 6.48. The van der Waals surface area contributed by atoms with Crippen LogP contribution in [0.4, 0.5) is 10.5 Å². The average Bonchev–Trinajstić information content (AvgIpc) is 2.26. The molecule has 5 nitrogen and oxygen atoms in total. The molecule has 0 fully saturated rings. The fraction of sp³-hybridized carbons (Fsp3) is 0.200. The molecule has 0 aliphatic carbocycles. The molecule has 1 amide bonds. The molecule has 0 saturated carbocycles. The van der Waals surface area contributed by atoms with Crippen LogP contribution in [-0.2, 0) is 14.6 Å². The third-order valence-corrected chi connectivity index (χ3v) is 1.81. The number of rotatable bonds is 2. The Balaban J connectivity index is 2.43. The number of amides is 1. The van der Waals surface area contributed by atoms with Crippen molar-refractivity contribution < 1.29 is 19.4 Å². The van der Waals surface area contributed by atoms with Crippen molar-refractivity contribution in [3.8, 4) is 0 Å². The fourth-order valence-electron chi connectivity index (χ4n) is 0.848. The Morgan fingerprint density at radius 1 is 1.38 bits per heavy atom. The molecule has 6 heteroatoms. The minimum Gasteiger partial charge on any atom is -0.288 e. The van der Waals surface area contributed by atoms with Crippen LogP contribution in [0.3, 0.4) is 0 Å². The zero-order chi connectivity index (χ0) is 12.0. The van der Waals surface area contributed by atoms with Gasteiger partial charge in [-0.25, -0.2) is 19.4 Å². The minimum atomic E-state index is -0.885. The lowest BCUT2D eigenvalue weighted by Gasteiger charge is -2.04. The van der Waals surface area contributed by atoms with Gasteiger partial charge in [-0.3, -0.25) is 5.32 Å². The van der Waals surface area contributed by atoms with Gasteiger partial charge in [0, 0.05) is 17.1 Å². The van der Waals surface area contributed by atoms with E-state index in [4.69, 9.17) is 11.6 Å². The summed E-state index contributed by atoms with van der Waals surface area (Å²) in [5.74, 6) is -0.624. The Morgan fingerprint density at radius 2 is 2.12 bits per heavy atom. The van der Waals surface area contributed by atoms with Crippen LogP contribution in [0.2, 0.25) is 5.02 Å². The second kappa shape index (κ2) is 5.97. The highest BCUT2D eigenvalue weighted by atomic mass is 35.5. The van der Waals surface area contributed by atoms with Crippen molar-refractivity contribution in [2.75, 3.05) is 5.32 Å². The molecule has 1 aromatic rings. The molecule has 1 aromatic carbocycles. The summed E-state index contributed by atoms with van der Waals surface area (Å²) in [4.78, 5) is 30.1. The summed E-state index contributed by atoms with van der Waals surface area (Å²) in [6.45, 7) is 1.58. The van der Waals surface area contributed by atoms with Gasteiger partial charge in [-0.1, -0.05) is 24.6 Å². The van der Waals surface area contributed by atoms with Crippen LogP contribution in [0, 0.1) is 0 Å². The average molecular weight is 244 g/mol. The maximum atomic E-state index is 11.1. The molecule has 0 aliphatic rings. The van der Waals surface area contributed by atoms with Crippen molar-refractivity contribution >= 4 is 29.4 Å². The molecule has 86 valence electrons. The normalized spacial score (nSPS) is 9.38. The van der Waals surface area contributed by atoms with Crippen molar-refractivity contribution in [3.63, 3.8) is 0 Å². The fourth-order valence-corrected chi connectivity index (χ4v) is 1.04. The van der Waals surface area contributed by atoms with E-state index in [1.165, 1.54) is 6.07 Å². The number of halogens is 1. The van der Waals surface area contributed by atoms with Crippen molar-refractivity contribution in [3.05, 3.63) is 29.3 Å².